The minimum absolute atomic E-state index is 0.283. The minimum atomic E-state index is 0.283. The Morgan fingerprint density at radius 2 is 0.500 bits per heavy atom. The Hall–Kier alpha value is -5.70. The molecule has 0 saturated heterocycles. The number of nitrogens with zero attached hydrogens (tertiary/aromatic N) is 8. The molecular formula is C48H48N8O9V-2. The molecule has 3 aromatic heterocycles. The van der Waals surface area contributed by atoms with Crippen LogP contribution in [0, 0.1) is 0 Å². The van der Waals surface area contributed by atoms with Crippen LogP contribution in [0.1, 0.15) is 44.5 Å². The van der Waals surface area contributed by atoms with Crippen LogP contribution in [0.4, 0.5) is 0 Å². The topological polar surface area (TPSA) is 196 Å². The first kappa shape index (κ1) is 46.8. The molecule has 0 saturated carbocycles. The summed E-state index contributed by atoms with van der Waals surface area (Å²) >= 11 is 1.06. The Bertz CT molecular complexity index is 2720. The summed E-state index contributed by atoms with van der Waals surface area (Å²) in [6, 6.07) is 16.1. The predicted molar refractivity (Wildman–Crippen MR) is 240 cm³/mol. The molecule has 2 aliphatic rings. The van der Waals surface area contributed by atoms with E-state index < -0.39 is 0 Å². The molecular weight excluding hydrogens is 884 g/mol. The molecule has 0 aliphatic carbocycles. The Kier molecular flexibility index (Phi) is 14.8. The van der Waals surface area contributed by atoms with Gasteiger partial charge in [0, 0.05) is 123 Å². The molecule has 8 bridgehead atoms. The number of aromatic nitrogens is 8. The maximum absolute atomic E-state index is 8.19. The van der Waals surface area contributed by atoms with E-state index in [0.717, 1.165) is 106 Å². The van der Waals surface area contributed by atoms with Gasteiger partial charge in [-0.3, -0.25) is 0 Å². The van der Waals surface area contributed by atoms with Crippen molar-refractivity contribution in [3.63, 3.8) is 0 Å². The zero-order valence-electron chi connectivity index (χ0n) is 38.0. The van der Waals surface area contributed by atoms with Gasteiger partial charge in [0.25, 0.3) is 0 Å². The Morgan fingerprint density at radius 1 is 0.318 bits per heavy atom. The van der Waals surface area contributed by atoms with Crippen molar-refractivity contribution < 1.29 is 58.9 Å². The van der Waals surface area contributed by atoms with Crippen LogP contribution < -0.4 is 9.97 Å². The summed E-state index contributed by atoms with van der Waals surface area (Å²) in [7, 11) is 13.3. The van der Waals surface area contributed by atoms with Crippen molar-refractivity contribution >= 4 is 44.1 Å². The van der Waals surface area contributed by atoms with E-state index in [1.165, 1.54) is 0 Å². The predicted octanol–water partition coefficient (Wildman–Crippen LogP) is 7.18. The number of hydrogen-bond acceptors (Lipinski definition) is 15. The van der Waals surface area contributed by atoms with E-state index in [-0.39, 0.29) is 52.9 Å². The van der Waals surface area contributed by atoms with Gasteiger partial charge in [0.1, 0.15) is 0 Å². The average Bonchev–Trinajstić information content (AvgIpc) is 4.07. The van der Waals surface area contributed by atoms with E-state index in [0.29, 0.717) is 45.9 Å². The van der Waals surface area contributed by atoms with E-state index in [1.54, 1.807) is 56.9 Å². The molecule has 4 aromatic carbocycles. The van der Waals surface area contributed by atoms with Crippen molar-refractivity contribution in [2.45, 2.75) is 52.9 Å². The van der Waals surface area contributed by atoms with Crippen LogP contribution in [0.25, 0.3) is 89.7 Å². The molecule has 0 radical (unpaired) electrons. The number of ether oxygens (including phenoxy) is 8. The number of methoxy groups -OCH3 is 8. The summed E-state index contributed by atoms with van der Waals surface area (Å²) in [6.45, 7) is 2.27. The van der Waals surface area contributed by atoms with Gasteiger partial charge >= 0.3 is 21.0 Å². The second-order valence-electron chi connectivity index (χ2n) is 15.5. The summed E-state index contributed by atoms with van der Waals surface area (Å²) in [5.74, 6) is 1.56. The molecule has 341 valence electrons. The van der Waals surface area contributed by atoms with Crippen molar-refractivity contribution in [3.05, 3.63) is 93.0 Å². The second kappa shape index (κ2) is 20.9. The molecule has 0 amide bonds. The van der Waals surface area contributed by atoms with Gasteiger partial charge in [-0.05, 0) is 44.5 Å². The summed E-state index contributed by atoms with van der Waals surface area (Å²) in [5.41, 5.74) is 11.4. The fourth-order valence-electron chi connectivity index (χ4n) is 8.90. The van der Waals surface area contributed by atoms with Crippen LogP contribution in [-0.4, -0.2) is 86.8 Å². The Labute approximate surface area is 389 Å². The molecule has 0 atom stereocenters. The Morgan fingerprint density at radius 3 is 0.697 bits per heavy atom. The van der Waals surface area contributed by atoms with E-state index in [4.69, 9.17) is 81.4 Å². The van der Waals surface area contributed by atoms with Crippen LogP contribution in [-0.2, 0) is 112 Å². The third-order valence-electron chi connectivity index (χ3n) is 11.4. The zero-order chi connectivity index (χ0) is 46.5. The normalized spacial score (nSPS) is 11.8. The molecule has 0 N–H and O–H groups in total. The molecule has 9 rings (SSSR count). The van der Waals surface area contributed by atoms with Crippen LogP contribution in [0.15, 0.2) is 48.5 Å². The molecule has 0 unspecified atom stereocenters. The van der Waals surface area contributed by atoms with Gasteiger partial charge in [-0.15, -0.1) is 0 Å². The van der Waals surface area contributed by atoms with E-state index >= 15 is 0 Å². The molecule has 0 spiro atoms. The standard InChI is InChI=1S/C48H48N8O8.O.V/c1-57-17-25-9-10-26(18-58-2)34-33(25)41-49-42(34)54-44-37-29(21-61-5)13-14-30(22-62-6)38(37)46(51-44)56-48-40-32(24-64-8)16-15-31(23-63-7)39(40)47(52-48)55-45-36-28(20-60-4)12-11-27(19-59-3)35(36)43(50-45)53-41;;/h9-16H,17-24H2,1-8H3;;/q-2;;. The fraction of sp³-hybridized carbons (Fsp3) is 0.333. The van der Waals surface area contributed by atoms with Gasteiger partial charge in [0.15, 0.2) is 0 Å². The van der Waals surface area contributed by atoms with Gasteiger partial charge in [0.2, 0.25) is 0 Å². The van der Waals surface area contributed by atoms with Crippen LogP contribution in [0.3, 0.4) is 0 Å². The maximum atomic E-state index is 8.19. The first-order valence-corrected chi connectivity index (χ1v) is 21.4. The Balaban J connectivity index is 0.00000292. The zero-order valence-corrected chi connectivity index (χ0v) is 39.4. The molecule has 2 aliphatic heterocycles. The van der Waals surface area contributed by atoms with Gasteiger partial charge in [-0.25, -0.2) is 9.97 Å². The summed E-state index contributed by atoms with van der Waals surface area (Å²) in [5, 5.41) is 2.99. The molecule has 0 fully saturated rings. The average molecular weight is 932 g/mol. The van der Waals surface area contributed by atoms with Crippen molar-refractivity contribution in [1.82, 2.24) is 39.9 Å². The van der Waals surface area contributed by atoms with Crippen LogP contribution in [0.5, 0.6) is 0 Å². The molecule has 17 nitrogen and oxygen atoms in total. The molecule has 7 aromatic rings. The number of benzene rings is 4. The number of hydrogen-bond donors (Lipinski definition) is 0. The summed E-state index contributed by atoms with van der Waals surface area (Å²) in [6.07, 6.45) is 0. The van der Waals surface area contributed by atoms with Crippen molar-refractivity contribution in [3.8, 4) is 45.6 Å². The molecule has 18 heteroatoms. The van der Waals surface area contributed by atoms with E-state index in [1.807, 2.05) is 48.5 Å². The van der Waals surface area contributed by atoms with E-state index in [2.05, 4.69) is 0 Å². The molecule has 5 heterocycles. The van der Waals surface area contributed by atoms with Crippen LogP contribution in [0.2, 0.25) is 0 Å². The first-order valence-electron chi connectivity index (χ1n) is 20.8. The van der Waals surface area contributed by atoms with E-state index in [9.17, 15) is 0 Å². The quantitative estimate of drug-likeness (QED) is 0.0944. The number of rotatable bonds is 16. The summed E-state index contributed by atoms with van der Waals surface area (Å²) in [4.78, 5) is 42.3. The second-order valence-corrected chi connectivity index (χ2v) is 15.5. The SMILES string of the molecule is COCc1ccc(COC)c2c1-c1nc-2nc2[n-]c(nc3nc(nc4[n-]c(n1)c1c(COC)ccc(COC)c41)-c1c(COC)ccc(COC)c1-3)c1c(COC)ccc(COC)c21.[O]=[V]. The summed E-state index contributed by atoms with van der Waals surface area (Å²) < 4.78 is 54.3. The third-order valence-corrected chi connectivity index (χ3v) is 11.4. The first-order chi connectivity index (χ1) is 32.4. The third kappa shape index (κ3) is 8.47. The fourth-order valence-corrected chi connectivity index (χ4v) is 8.90. The van der Waals surface area contributed by atoms with Gasteiger partial charge < -0.3 is 67.8 Å². The molecule has 66 heavy (non-hydrogen) atoms. The van der Waals surface area contributed by atoms with Gasteiger partial charge in [-0.2, -0.15) is 0 Å². The van der Waals surface area contributed by atoms with Gasteiger partial charge in [-0.1, -0.05) is 48.5 Å². The van der Waals surface area contributed by atoms with Gasteiger partial charge in [0.05, 0.1) is 76.2 Å². The van der Waals surface area contributed by atoms with Crippen molar-refractivity contribution in [2.75, 3.05) is 56.9 Å². The number of fused-ring (bicyclic) bond motifs is 20. The van der Waals surface area contributed by atoms with Crippen LogP contribution >= 0.6 is 0 Å². The van der Waals surface area contributed by atoms with Crippen molar-refractivity contribution in [1.29, 1.82) is 0 Å². The van der Waals surface area contributed by atoms with Crippen molar-refractivity contribution in [2.24, 2.45) is 0 Å². The monoisotopic (exact) mass is 931 g/mol.